The Morgan fingerprint density at radius 3 is 2.38 bits per heavy atom. The highest BCUT2D eigenvalue weighted by Crippen LogP contribution is 2.26. The monoisotopic (exact) mass is 181 g/mol. The molecule has 0 heterocycles. The number of hydrogen-bond donors (Lipinski definition) is 1. The van der Waals surface area contributed by atoms with Gasteiger partial charge in [-0.2, -0.15) is 5.26 Å². The molecule has 0 saturated carbocycles. The smallest absolute Gasteiger partial charge is 0.324 e. The van der Waals surface area contributed by atoms with Gasteiger partial charge >= 0.3 is 5.97 Å². The van der Waals surface area contributed by atoms with Gasteiger partial charge in [0.1, 0.15) is 0 Å². The van der Waals surface area contributed by atoms with Gasteiger partial charge in [-0.3, -0.25) is 4.79 Å². The summed E-state index contributed by atoms with van der Waals surface area (Å²) in [6, 6.07) is 1.88. The molecule has 0 aliphatic heterocycles. The molecule has 0 aromatic rings. The average molecular weight is 181 g/mol. The third kappa shape index (κ3) is 2.90. The Bertz CT molecular complexity index is 259. The normalized spacial score (nSPS) is 14.0. The van der Waals surface area contributed by atoms with Gasteiger partial charge in [0.2, 0.25) is 0 Å². The Morgan fingerprint density at radius 1 is 1.62 bits per heavy atom. The summed E-state index contributed by atoms with van der Waals surface area (Å²) < 4.78 is 0. The van der Waals surface area contributed by atoms with Crippen LogP contribution in [0.2, 0.25) is 0 Å². The van der Waals surface area contributed by atoms with Gasteiger partial charge in [-0.15, -0.1) is 0 Å². The van der Waals surface area contributed by atoms with Gasteiger partial charge in [-0.05, 0) is 26.7 Å². The van der Waals surface area contributed by atoms with E-state index in [9.17, 15) is 4.79 Å². The van der Waals surface area contributed by atoms with Crippen molar-refractivity contribution in [3.63, 3.8) is 0 Å². The summed E-state index contributed by atoms with van der Waals surface area (Å²) in [7, 11) is 0. The van der Waals surface area contributed by atoms with Crippen molar-refractivity contribution in [3.05, 3.63) is 11.6 Å². The third-order valence-corrected chi connectivity index (χ3v) is 2.09. The number of nitriles is 1. The van der Waals surface area contributed by atoms with Crippen LogP contribution >= 0.6 is 0 Å². The van der Waals surface area contributed by atoms with Crippen LogP contribution < -0.4 is 0 Å². The highest BCUT2D eigenvalue weighted by molar-refractivity contribution is 5.78. The first kappa shape index (κ1) is 11.7. The zero-order valence-corrected chi connectivity index (χ0v) is 8.29. The number of allylic oxidation sites excluding steroid dienone is 2. The quantitative estimate of drug-likeness (QED) is 0.677. The summed E-state index contributed by atoms with van der Waals surface area (Å²) in [6.45, 7) is 5.50. The maximum Gasteiger partial charge on any atom is 0.324 e. The lowest BCUT2D eigenvalue weighted by Gasteiger charge is -2.17. The fourth-order valence-corrected chi connectivity index (χ4v) is 0.934. The van der Waals surface area contributed by atoms with Crippen LogP contribution in [0.3, 0.4) is 0 Å². The van der Waals surface area contributed by atoms with Gasteiger partial charge < -0.3 is 5.11 Å². The van der Waals surface area contributed by atoms with Crippen LogP contribution in [0, 0.1) is 16.7 Å². The van der Waals surface area contributed by atoms with E-state index < -0.39 is 11.4 Å². The minimum Gasteiger partial charge on any atom is -0.480 e. The fraction of sp³-hybridized carbons (Fsp3) is 0.600. The molecule has 0 radical (unpaired) electrons. The summed E-state index contributed by atoms with van der Waals surface area (Å²) in [6.07, 6.45) is 2.42. The average Bonchev–Trinajstić information content (AvgIpc) is 2.06. The second kappa shape index (κ2) is 4.66. The lowest BCUT2D eigenvalue weighted by atomic mass is 9.83. The van der Waals surface area contributed by atoms with Crippen molar-refractivity contribution in [1.29, 1.82) is 5.26 Å². The molecular formula is C10H15NO2. The molecule has 0 fully saturated rings. The van der Waals surface area contributed by atoms with E-state index in [1.165, 1.54) is 0 Å². The first-order chi connectivity index (χ1) is 5.98. The summed E-state index contributed by atoms with van der Waals surface area (Å²) in [5.74, 6) is -1.03. The van der Waals surface area contributed by atoms with Crippen molar-refractivity contribution in [3.8, 4) is 6.07 Å². The SMILES string of the molecule is CCC(C#N)(CC=C(C)C)C(=O)O. The van der Waals surface area contributed by atoms with Crippen LogP contribution in [0.15, 0.2) is 11.6 Å². The van der Waals surface area contributed by atoms with Gasteiger partial charge in [0, 0.05) is 0 Å². The first-order valence-electron chi connectivity index (χ1n) is 4.26. The predicted octanol–water partition coefficient (Wildman–Crippen LogP) is 2.35. The van der Waals surface area contributed by atoms with Gasteiger partial charge in [-0.25, -0.2) is 0 Å². The minimum atomic E-state index is -1.24. The first-order valence-corrected chi connectivity index (χ1v) is 4.26. The number of aliphatic carboxylic acids is 1. The Balaban J connectivity index is 4.72. The fourth-order valence-electron chi connectivity index (χ4n) is 0.934. The lowest BCUT2D eigenvalue weighted by Crippen LogP contribution is -2.27. The third-order valence-electron chi connectivity index (χ3n) is 2.09. The Kier molecular flexibility index (Phi) is 4.19. The largest absolute Gasteiger partial charge is 0.480 e. The molecule has 0 aliphatic carbocycles. The van der Waals surface area contributed by atoms with Crippen molar-refractivity contribution in [2.24, 2.45) is 5.41 Å². The number of hydrogen-bond acceptors (Lipinski definition) is 2. The van der Waals surface area contributed by atoms with Gasteiger partial charge in [-0.1, -0.05) is 18.6 Å². The molecule has 0 aromatic heterocycles. The van der Waals surface area contributed by atoms with E-state index in [1.807, 2.05) is 19.9 Å². The molecule has 0 saturated heterocycles. The molecule has 3 nitrogen and oxygen atoms in total. The summed E-state index contributed by atoms with van der Waals surface area (Å²) in [5.41, 5.74) is -0.202. The van der Waals surface area contributed by atoms with Crippen LogP contribution in [0.4, 0.5) is 0 Å². The maximum atomic E-state index is 10.8. The molecular weight excluding hydrogens is 166 g/mol. The standard InChI is InChI=1S/C10H15NO2/c1-4-10(7-11,9(12)13)6-5-8(2)3/h5H,4,6H2,1-3H3,(H,12,13). The van der Waals surface area contributed by atoms with E-state index in [1.54, 1.807) is 13.0 Å². The molecule has 1 N–H and O–H groups in total. The van der Waals surface area contributed by atoms with Crippen molar-refractivity contribution in [2.75, 3.05) is 0 Å². The molecule has 1 atom stereocenters. The molecule has 13 heavy (non-hydrogen) atoms. The number of rotatable bonds is 4. The number of carbonyl (C=O) groups is 1. The molecule has 0 aliphatic rings. The van der Waals surface area contributed by atoms with Gasteiger partial charge in [0.05, 0.1) is 6.07 Å². The molecule has 0 spiro atoms. The van der Waals surface area contributed by atoms with E-state index in [0.29, 0.717) is 6.42 Å². The van der Waals surface area contributed by atoms with E-state index in [-0.39, 0.29) is 6.42 Å². The summed E-state index contributed by atoms with van der Waals surface area (Å²) >= 11 is 0. The second-order valence-electron chi connectivity index (χ2n) is 3.34. The van der Waals surface area contributed by atoms with E-state index in [2.05, 4.69) is 0 Å². The van der Waals surface area contributed by atoms with Crippen molar-refractivity contribution >= 4 is 5.97 Å². The molecule has 3 heteroatoms. The predicted molar refractivity (Wildman–Crippen MR) is 50.0 cm³/mol. The van der Waals surface area contributed by atoms with Crippen LogP contribution in [0.1, 0.15) is 33.6 Å². The van der Waals surface area contributed by atoms with E-state index >= 15 is 0 Å². The van der Waals surface area contributed by atoms with Crippen LogP contribution in [0.5, 0.6) is 0 Å². The molecule has 0 aromatic carbocycles. The van der Waals surface area contributed by atoms with Crippen molar-refractivity contribution < 1.29 is 9.90 Å². The van der Waals surface area contributed by atoms with Gasteiger partial charge in [0.25, 0.3) is 0 Å². The van der Waals surface area contributed by atoms with Gasteiger partial charge in [0.15, 0.2) is 5.41 Å². The highest BCUT2D eigenvalue weighted by atomic mass is 16.4. The zero-order valence-electron chi connectivity index (χ0n) is 8.29. The lowest BCUT2D eigenvalue weighted by molar-refractivity contribution is -0.145. The number of nitrogens with zero attached hydrogens (tertiary/aromatic N) is 1. The molecule has 1 unspecified atom stereocenters. The molecule has 0 rings (SSSR count). The second-order valence-corrected chi connectivity index (χ2v) is 3.34. The maximum absolute atomic E-state index is 10.8. The Hall–Kier alpha value is -1.30. The molecule has 0 bridgehead atoms. The molecule has 0 amide bonds. The zero-order chi connectivity index (χ0) is 10.5. The number of carboxylic acids is 1. The van der Waals surface area contributed by atoms with E-state index in [0.717, 1.165) is 5.57 Å². The number of carboxylic acid groups (broad SMARTS) is 1. The van der Waals surface area contributed by atoms with Crippen LogP contribution in [0.25, 0.3) is 0 Å². The van der Waals surface area contributed by atoms with Crippen molar-refractivity contribution in [2.45, 2.75) is 33.6 Å². The Labute approximate surface area is 78.7 Å². The summed E-state index contributed by atoms with van der Waals surface area (Å²) in [4.78, 5) is 10.8. The van der Waals surface area contributed by atoms with Crippen molar-refractivity contribution in [1.82, 2.24) is 0 Å². The van der Waals surface area contributed by atoms with Crippen LogP contribution in [-0.4, -0.2) is 11.1 Å². The summed E-state index contributed by atoms with van der Waals surface area (Å²) in [5, 5.41) is 17.7. The molecule has 72 valence electrons. The topological polar surface area (TPSA) is 61.1 Å². The Morgan fingerprint density at radius 2 is 2.15 bits per heavy atom. The minimum absolute atomic E-state index is 0.289. The highest BCUT2D eigenvalue weighted by Gasteiger charge is 2.35. The van der Waals surface area contributed by atoms with E-state index in [4.69, 9.17) is 10.4 Å². The van der Waals surface area contributed by atoms with Crippen LogP contribution in [-0.2, 0) is 4.79 Å².